The van der Waals surface area contributed by atoms with Gasteiger partial charge in [0.25, 0.3) is 0 Å². The second-order valence-corrected chi connectivity index (χ2v) is 4.92. The van der Waals surface area contributed by atoms with E-state index < -0.39 is 5.82 Å². The highest BCUT2D eigenvalue weighted by atomic mass is 19.1. The van der Waals surface area contributed by atoms with Crippen molar-refractivity contribution in [3.05, 3.63) is 65.2 Å². The van der Waals surface area contributed by atoms with Gasteiger partial charge < -0.3 is 5.32 Å². The van der Waals surface area contributed by atoms with Crippen molar-refractivity contribution in [1.29, 1.82) is 5.26 Å². The van der Waals surface area contributed by atoms with E-state index in [4.69, 9.17) is 5.26 Å². The van der Waals surface area contributed by atoms with E-state index in [9.17, 15) is 8.78 Å². The molecule has 2 nitrogen and oxygen atoms in total. The van der Waals surface area contributed by atoms with Crippen molar-refractivity contribution in [3.63, 3.8) is 0 Å². The molecule has 0 aliphatic heterocycles. The van der Waals surface area contributed by atoms with Crippen molar-refractivity contribution < 1.29 is 8.78 Å². The lowest BCUT2D eigenvalue weighted by Gasteiger charge is -2.08. The first kappa shape index (κ1) is 12.6. The molecule has 1 fully saturated rings. The first-order valence-electron chi connectivity index (χ1n) is 6.39. The second kappa shape index (κ2) is 4.93. The Labute approximate surface area is 115 Å². The van der Waals surface area contributed by atoms with Crippen LogP contribution in [-0.2, 0) is 0 Å². The lowest BCUT2D eigenvalue weighted by molar-refractivity contribution is 0.624. The molecule has 3 rings (SSSR count). The highest BCUT2D eigenvalue weighted by molar-refractivity contribution is 5.59. The summed E-state index contributed by atoms with van der Waals surface area (Å²) in [5.74, 6) is -0.488. The molecule has 100 valence electrons. The molecule has 0 saturated heterocycles. The molecule has 0 unspecified atom stereocenters. The van der Waals surface area contributed by atoms with Crippen LogP contribution >= 0.6 is 0 Å². The number of nitriles is 1. The molecule has 2 atom stereocenters. The van der Waals surface area contributed by atoms with Gasteiger partial charge in [-0.3, -0.25) is 0 Å². The normalized spacial score (nSPS) is 20.2. The fraction of sp³-hybridized carbons (Fsp3) is 0.188. The molecule has 1 aliphatic rings. The van der Waals surface area contributed by atoms with Gasteiger partial charge >= 0.3 is 0 Å². The van der Waals surface area contributed by atoms with Gasteiger partial charge in [-0.1, -0.05) is 18.2 Å². The number of hydrogen-bond acceptors (Lipinski definition) is 2. The Balaban J connectivity index is 1.74. The molecule has 0 amide bonds. The predicted molar refractivity (Wildman–Crippen MR) is 72.3 cm³/mol. The van der Waals surface area contributed by atoms with Crippen LogP contribution in [0.1, 0.15) is 23.5 Å². The SMILES string of the molecule is N#Cc1c(F)cccc1N[C@@H]1C[C@H]1c1ccc(F)cc1. The average Bonchev–Trinajstić information content (AvgIpc) is 3.19. The number of halogens is 2. The second-order valence-electron chi connectivity index (χ2n) is 4.92. The summed E-state index contributed by atoms with van der Waals surface area (Å²) < 4.78 is 26.3. The Morgan fingerprint density at radius 1 is 1.10 bits per heavy atom. The summed E-state index contributed by atoms with van der Waals surface area (Å²) in [4.78, 5) is 0. The van der Waals surface area contributed by atoms with Crippen molar-refractivity contribution in [2.75, 3.05) is 5.32 Å². The number of hydrogen-bond donors (Lipinski definition) is 1. The zero-order chi connectivity index (χ0) is 14.1. The fourth-order valence-electron chi connectivity index (χ4n) is 2.39. The number of benzene rings is 2. The summed E-state index contributed by atoms with van der Waals surface area (Å²) in [5, 5.41) is 12.2. The number of nitrogens with zero attached hydrogens (tertiary/aromatic N) is 1. The van der Waals surface area contributed by atoms with Gasteiger partial charge in [-0.15, -0.1) is 0 Å². The Morgan fingerprint density at radius 2 is 1.85 bits per heavy atom. The average molecular weight is 270 g/mol. The zero-order valence-electron chi connectivity index (χ0n) is 10.6. The fourth-order valence-corrected chi connectivity index (χ4v) is 2.39. The van der Waals surface area contributed by atoms with Crippen LogP contribution in [0, 0.1) is 23.0 Å². The van der Waals surface area contributed by atoms with E-state index in [0.717, 1.165) is 12.0 Å². The van der Waals surface area contributed by atoms with E-state index in [1.807, 2.05) is 6.07 Å². The van der Waals surface area contributed by atoms with Crippen LogP contribution in [0.15, 0.2) is 42.5 Å². The molecule has 0 radical (unpaired) electrons. The van der Waals surface area contributed by atoms with Crippen LogP contribution in [0.25, 0.3) is 0 Å². The van der Waals surface area contributed by atoms with Gasteiger partial charge in [0, 0.05) is 12.0 Å². The number of nitrogens with one attached hydrogen (secondary N) is 1. The lowest BCUT2D eigenvalue weighted by atomic mass is 10.1. The minimum Gasteiger partial charge on any atom is -0.381 e. The summed E-state index contributed by atoms with van der Waals surface area (Å²) in [6.45, 7) is 0. The van der Waals surface area contributed by atoms with E-state index in [2.05, 4.69) is 5.32 Å². The Kier molecular flexibility index (Phi) is 3.11. The maximum Gasteiger partial charge on any atom is 0.143 e. The smallest absolute Gasteiger partial charge is 0.143 e. The molecule has 0 aromatic heterocycles. The molecule has 2 aromatic rings. The lowest BCUT2D eigenvalue weighted by Crippen LogP contribution is -2.06. The molecule has 0 spiro atoms. The van der Waals surface area contributed by atoms with Gasteiger partial charge in [0.15, 0.2) is 0 Å². The van der Waals surface area contributed by atoms with Crippen LogP contribution < -0.4 is 5.32 Å². The molecule has 1 saturated carbocycles. The third kappa shape index (κ3) is 2.35. The van der Waals surface area contributed by atoms with E-state index in [0.29, 0.717) is 5.69 Å². The highest BCUT2D eigenvalue weighted by Gasteiger charge is 2.38. The van der Waals surface area contributed by atoms with Crippen LogP contribution in [0.5, 0.6) is 0 Å². The van der Waals surface area contributed by atoms with Gasteiger partial charge in [0.05, 0.1) is 5.69 Å². The van der Waals surface area contributed by atoms with Gasteiger partial charge in [-0.2, -0.15) is 5.26 Å². The molecule has 2 aromatic carbocycles. The largest absolute Gasteiger partial charge is 0.381 e. The minimum atomic E-state index is -0.517. The molecule has 20 heavy (non-hydrogen) atoms. The van der Waals surface area contributed by atoms with Gasteiger partial charge in [-0.05, 0) is 36.2 Å². The van der Waals surface area contributed by atoms with Crippen LogP contribution in [0.2, 0.25) is 0 Å². The summed E-state index contributed by atoms with van der Waals surface area (Å²) in [6.07, 6.45) is 0.896. The van der Waals surface area contributed by atoms with Gasteiger partial charge in [0.2, 0.25) is 0 Å². The van der Waals surface area contributed by atoms with E-state index in [1.165, 1.54) is 18.2 Å². The Hall–Kier alpha value is -2.41. The van der Waals surface area contributed by atoms with Crippen LogP contribution in [0.3, 0.4) is 0 Å². The maximum atomic E-state index is 13.5. The monoisotopic (exact) mass is 270 g/mol. The predicted octanol–water partition coefficient (Wildman–Crippen LogP) is 3.80. The first-order chi connectivity index (χ1) is 9.69. The van der Waals surface area contributed by atoms with Crippen molar-refractivity contribution in [3.8, 4) is 6.07 Å². The first-order valence-corrected chi connectivity index (χ1v) is 6.39. The van der Waals surface area contributed by atoms with Crippen LogP contribution in [0.4, 0.5) is 14.5 Å². The Morgan fingerprint density at radius 3 is 2.55 bits per heavy atom. The molecular weight excluding hydrogens is 258 g/mol. The zero-order valence-corrected chi connectivity index (χ0v) is 10.6. The maximum absolute atomic E-state index is 13.5. The Bertz CT molecular complexity index is 674. The van der Waals surface area contributed by atoms with Gasteiger partial charge in [0.1, 0.15) is 23.3 Å². The number of rotatable bonds is 3. The van der Waals surface area contributed by atoms with E-state index in [-0.39, 0.29) is 23.3 Å². The van der Waals surface area contributed by atoms with E-state index in [1.54, 1.807) is 24.3 Å². The van der Waals surface area contributed by atoms with Crippen molar-refractivity contribution in [2.24, 2.45) is 0 Å². The summed E-state index contributed by atoms with van der Waals surface area (Å²) in [5.41, 5.74) is 1.61. The molecule has 1 aliphatic carbocycles. The summed E-state index contributed by atoms with van der Waals surface area (Å²) in [7, 11) is 0. The van der Waals surface area contributed by atoms with Crippen molar-refractivity contribution in [2.45, 2.75) is 18.4 Å². The molecular formula is C16H12F2N2. The highest BCUT2D eigenvalue weighted by Crippen LogP contribution is 2.43. The molecule has 0 bridgehead atoms. The molecule has 0 heterocycles. The minimum absolute atomic E-state index is 0.0391. The summed E-state index contributed by atoms with van der Waals surface area (Å²) in [6, 6.07) is 13.0. The van der Waals surface area contributed by atoms with E-state index >= 15 is 0 Å². The third-order valence-corrected chi connectivity index (χ3v) is 3.55. The topological polar surface area (TPSA) is 35.8 Å². The standard InChI is InChI=1S/C16H12F2N2/c17-11-6-4-10(5-7-11)12-8-16(12)20-15-3-1-2-14(18)13(15)9-19/h1-7,12,16,20H,8H2/t12-,16+/m0/s1. The summed E-state index contributed by atoms with van der Waals surface area (Å²) >= 11 is 0. The number of anilines is 1. The third-order valence-electron chi connectivity index (χ3n) is 3.55. The molecule has 1 N–H and O–H groups in total. The van der Waals surface area contributed by atoms with Crippen LogP contribution in [-0.4, -0.2) is 6.04 Å². The van der Waals surface area contributed by atoms with Gasteiger partial charge in [-0.25, -0.2) is 8.78 Å². The molecule has 4 heteroatoms. The van der Waals surface area contributed by atoms with Crippen molar-refractivity contribution in [1.82, 2.24) is 0 Å². The van der Waals surface area contributed by atoms with Crippen molar-refractivity contribution >= 4 is 5.69 Å². The quantitative estimate of drug-likeness (QED) is 0.920.